The van der Waals surface area contributed by atoms with Crippen molar-refractivity contribution in [3.63, 3.8) is 0 Å². The lowest BCUT2D eigenvalue weighted by molar-refractivity contribution is -0.122. The van der Waals surface area contributed by atoms with Crippen LogP contribution in [-0.4, -0.2) is 27.3 Å². The molecule has 0 radical (unpaired) electrons. The number of alkyl halides is 2. The molecule has 1 aliphatic carbocycles. The molecule has 1 fully saturated rings. The molecule has 0 aliphatic heterocycles. The van der Waals surface area contributed by atoms with E-state index in [0.717, 1.165) is 10.2 Å². The van der Waals surface area contributed by atoms with E-state index in [1.165, 1.54) is 18.2 Å². The number of rotatable bonds is 10. The van der Waals surface area contributed by atoms with Gasteiger partial charge in [0.1, 0.15) is 18.9 Å². The third kappa shape index (κ3) is 5.81. The van der Waals surface area contributed by atoms with Gasteiger partial charge in [0.25, 0.3) is 5.56 Å². The number of aromatic hydroxyl groups is 1. The molecule has 5 aromatic rings. The minimum atomic E-state index is -3.10. The number of fused-ring (bicyclic) bond motifs is 1. The number of Topliss-reactive ketones (excluding diaryl/α,β-unsaturated/α-hetero) is 1. The van der Waals surface area contributed by atoms with Crippen LogP contribution in [0.15, 0.2) is 95.8 Å². The molecular formula is C33H25ClF2N2O5. The average Bonchev–Trinajstić information content (AvgIpc) is 3.81. The Balaban J connectivity index is 1.37. The van der Waals surface area contributed by atoms with Gasteiger partial charge in [0.15, 0.2) is 17.3 Å². The van der Waals surface area contributed by atoms with Crippen molar-refractivity contribution in [3.05, 3.63) is 117 Å². The Bertz CT molecular complexity index is 1890. The predicted molar refractivity (Wildman–Crippen MR) is 158 cm³/mol. The lowest BCUT2D eigenvalue weighted by Gasteiger charge is -2.18. The molecule has 0 atom stereocenters. The zero-order valence-corrected chi connectivity index (χ0v) is 23.4. The van der Waals surface area contributed by atoms with Crippen LogP contribution in [0, 0.1) is 0 Å². The van der Waals surface area contributed by atoms with E-state index in [9.17, 15) is 23.5 Å². The number of hydrogen-bond acceptors (Lipinski definition) is 6. The van der Waals surface area contributed by atoms with Gasteiger partial charge in [-0.3, -0.25) is 9.59 Å². The minimum Gasteiger partial charge on any atom is -0.504 e. The summed E-state index contributed by atoms with van der Waals surface area (Å²) in [4.78, 5) is 27.5. The molecule has 0 bridgehead atoms. The molecule has 7 nitrogen and oxygen atoms in total. The van der Waals surface area contributed by atoms with Gasteiger partial charge in [-0.1, -0.05) is 60.1 Å². The first-order chi connectivity index (χ1) is 20.7. The molecule has 43 heavy (non-hydrogen) atoms. The van der Waals surface area contributed by atoms with Gasteiger partial charge in [-0.15, -0.1) is 0 Å². The summed E-state index contributed by atoms with van der Waals surface area (Å²) in [5.41, 5.74) is 1.10. The third-order valence-electron chi connectivity index (χ3n) is 7.58. The molecule has 1 N–H and O–H groups in total. The Hall–Kier alpha value is -4.76. The minimum absolute atomic E-state index is 0.295. The van der Waals surface area contributed by atoms with Crippen molar-refractivity contribution in [3.8, 4) is 28.5 Å². The van der Waals surface area contributed by atoms with Crippen LogP contribution in [0.5, 0.6) is 17.2 Å². The number of carbonyl (C=O) groups excluding carboxylic acids is 1. The first-order valence-corrected chi connectivity index (χ1v) is 13.9. The summed E-state index contributed by atoms with van der Waals surface area (Å²) in [5, 5.41) is 16.2. The second-order valence-electron chi connectivity index (χ2n) is 10.4. The quantitative estimate of drug-likeness (QED) is 0.187. The van der Waals surface area contributed by atoms with Gasteiger partial charge >= 0.3 is 6.61 Å². The summed E-state index contributed by atoms with van der Waals surface area (Å²) in [6.07, 6.45) is 0.947. The maximum Gasteiger partial charge on any atom is 0.387 e. The SMILES string of the molecule is O=C(Cn1nc(-c2cccc(Cl)c2)c2ccc(OCc3ccccc3)cc2c1=O)C1(c2ccc(OC(F)F)c(O)c2)CC1. The number of hydrogen-bond donors (Lipinski definition) is 1. The molecule has 10 heteroatoms. The van der Waals surface area contributed by atoms with E-state index in [2.05, 4.69) is 9.84 Å². The first kappa shape index (κ1) is 28.4. The Morgan fingerprint density at radius 1 is 0.977 bits per heavy atom. The van der Waals surface area contributed by atoms with Crippen molar-refractivity contribution in [2.75, 3.05) is 0 Å². The predicted octanol–water partition coefficient (Wildman–Crippen LogP) is 6.90. The van der Waals surface area contributed by atoms with Crippen molar-refractivity contribution in [2.45, 2.75) is 38.0 Å². The van der Waals surface area contributed by atoms with Crippen LogP contribution < -0.4 is 15.0 Å². The van der Waals surface area contributed by atoms with Crippen LogP contribution in [0.4, 0.5) is 8.78 Å². The zero-order valence-electron chi connectivity index (χ0n) is 22.7. The van der Waals surface area contributed by atoms with Crippen LogP contribution in [-0.2, 0) is 23.4 Å². The summed E-state index contributed by atoms with van der Waals surface area (Å²) in [6.45, 7) is -3.13. The summed E-state index contributed by atoms with van der Waals surface area (Å²) in [7, 11) is 0. The fraction of sp³-hybridized carbons (Fsp3) is 0.182. The third-order valence-corrected chi connectivity index (χ3v) is 7.82. The van der Waals surface area contributed by atoms with E-state index in [1.807, 2.05) is 36.4 Å². The van der Waals surface area contributed by atoms with Crippen molar-refractivity contribution < 1.29 is 28.2 Å². The first-order valence-electron chi connectivity index (χ1n) is 13.5. The highest BCUT2D eigenvalue weighted by Gasteiger charge is 2.51. The van der Waals surface area contributed by atoms with Crippen LogP contribution in [0.2, 0.25) is 5.02 Å². The highest BCUT2D eigenvalue weighted by molar-refractivity contribution is 6.30. The molecule has 0 saturated heterocycles. The van der Waals surface area contributed by atoms with Gasteiger partial charge in [-0.25, -0.2) is 4.68 Å². The summed E-state index contributed by atoms with van der Waals surface area (Å²) < 4.78 is 36.7. The smallest absolute Gasteiger partial charge is 0.387 e. The van der Waals surface area contributed by atoms with E-state index >= 15 is 0 Å². The maximum atomic E-state index is 13.8. The van der Waals surface area contributed by atoms with E-state index in [1.54, 1.807) is 36.4 Å². The van der Waals surface area contributed by atoms with Gasteiger partial charge in [0.05, 0.1) is 16.5 Å². The van der Waals surface area contributed by atoms with E-state index < -0.39 is 23.3 Å². The molecule has 1 aromatic heterocycles. The normalized spacial score (nSPS) is 13.7. The number of halogens is 3. The van der Waals surface area contributed by atoms with Crippen LogP contribution >= 0.6 is 11.6 Å². The molecular weight excluding hydrogens is 578 g/mol. The van der Waals surface area contributed by atoms with Crippen molar-refractivity contribution >= 4 is 28.2 Å². The summed E-state index contributed by atoms with van der Waals surface area (Å²) in [5.74, 6) is -0.693. The number of nitrogens with zero attached hydrogens (tertiary/aromatic N) is 2. The molecule has 218 valence electrons. The van der Waals surface area contributed by atoms with Gasteiger partial charge in [0.2, 0.25) is 0 Å². The Labute approximate surface area is 249 Å². The van der Waals surface area contributed by atoms with Crippen LogP contribution in [0.25, 0.3) is 22.0 Å². The molecule has 6 rings (SSSR count). The Kier molecular flexibility index (Phi) is 7.58. The second-order valence-corrected chi connectivity index (χ2v) is 10.8. The van der Waals surface area contributed by atoms with Gasteiger partial charge in [-0.2, -0.15) is 13.9 Å². The Morgan fingerprint density at radius 3 is 2.47 bits per heavy atom. The molecule has 0 unspecified atom stereocenters. The van der Waals surface area contributed by atoms with E-state index in [0.29, 0.717) is 57.8 Å². The lowest BCUT2D eigenvalue weighted by Crippen LogP contribution is -2.32. The number of phenolic OH excluding ortho intramolecular Hbond substituents is 1. The van der Waals surface area contributed by atoms with E-state index in [-0.39, 0.29) is 18.1 Å². The van der Waals surface area contributed by atoms with Crippen LogP contribution in [0.1, 0.15) is 24.0 Å². The zero-order chi connectivity index (χ0) is 30.1. The second kappa shape index (κ2) is 11.5. The number of ether oxygens (including phenoxy) is 2. The molecule has 1 aliphatic rings. The lowest BCUT2D eigenvalue weighted by atomic mass is 9.91. The largest absolute Gasteiger partial charge is 0.504 e. The van der Waals surface area contributed by atoms with Crippen molar-refractivity contribution in [1.29, 1.82) is 0 Å². The average molecular weight is 603 g/mol. The highest BCUT2D eigenvalue weighted by atomic mass is 35.5. The summed E-state index contributed by atoms with van der Waals surface area (Å²) >= 11 is 6.27. The van der Waals surface area contributed by atoms with Gasteiger partial charge < -0.3 is 14.6 Å². The van der Waals surface area contributed by atoms with Gasteiger partial charge in [0, 0.05) is 16.0 Å². The van der Waals surface area contributed by atoms with Gasteiger partial charge in [-0.05, 0) is 66.4 Å². The standard InChI is InChI=1S/C33H25ClF2N2O5/c34-23-8-4-7-21(15-23)30-25-11-10-24(42-19-20-5-2-1-3-6-20)17-26(25)31(41)38(37-30)18-29(40)33(13-14-33)22-9-12-28(27(39)16-22)43-32(35)36/h1-12,15-17,32,39H,13-14,18-19H2. The number of aromatic nitrogens is 2. The monoisotopic (exact) mass is 602 g/mol. The van der Waals surface area contributed by atoms with Crippen molar-refractivity contribution in [1.82, 2.24) is 9.78 Å². The maximum absolute atomic E-state index is 13.8. The molecule has 1 saturated carbocycles. The number of ketones is 1. The fourth-order valence-electron chi connectivity index (χ4n) is 5.20. The number of phenols is 1. The number of benzene rings is 4. The molecule has 4 aromatic carbocycles. The van der Waals surface area contributed by atoms with Crippen LogP contribution in [0.3, 0.4) is 0 Å². The number of carbonyl (C=O) groups is 1. The molecule has 1 heterocycles. The van der Waals surface area contributed by atoms with Crippen molar-refractivity contribution in [2.24, 2.45) is 0 Å². The van der Waals surface area contributed by atoms with E-state index in [4.69, 9.17) is 16.3 Å². The summed E-state index contributed by atoms with van der Waals surface area (Å²) in [6, 6.07) is 25.8. The highest BCUT2D eigenvalue weighted by Crippen LogP contribution is 2.51. The molecule has 0 amide bonds. The topological polar surface area (TPSA) is 90.7 Å². The Morgan fingerprint density at radius 2 is 1.77 bits per heavy atom. The fourth-order valence-corrected chi connectivity index (χ4v) is 5.39. The molecule has 0 spiro atoms.